The fourth-order valence-electron chi connectivity index (χ4n) is 4.70. The number of nitrogens with one attached hydrogen (secondary N) is 3. The third kappa shape index (κ3) is 6.52. The van der Waals surface area contributed by atoms with Crippen LogP contribution in [0.15, 0.2) is 30.5 Å². The van der Waals surface area contributed by atoms with E-state index in [1.807, 2.05) is 32.0 Å². The van der Waals surface area contributed by atoms with E-state index in [1.165, 1.54) is 5.01 Å². The van der Waals surface area contributed by atoms with Gasteiger partial charge in [0.25, 0.3) is 5.91 Å². The van der Waals surface area contributed by atoms with Crippen LogP contribution in [0, 0.1) is 11.3 Å². The Balaban J connectivity index is 1.66. The van der Waals surface area contributed by atoms with Crippen LogP contribution in [0.3, 0.4) is 0 Å². The first-order valence-electron chi connectivity index (χ1n) is 13.8. The molecule has 2 aliphatic rings. The van der Waals surface area contributed by atoms with Crippen LogP contribution >= 0.6 is 0 Å². The fourth-order valence-corrected chi connectivity index (χ4v) is 4.70. The summed E-state index contributed by atoms with van der Waals surface area (Å²) in [5.74, 6) is -1.58. The van der Waals surface area contributed by atoms with Crippen molar-refractivity contribution in [1.29, 1.82) is 0 Å². The number of hydrogen-bond acceptors (Lipinski definition) is 8. The Morgan fingerprint density at radius 1 is 1.05 bits per heavy atom. The van der Waals surface area contributed by atoms with Crippen molar-refractivity contribution in [3.8, 4) is 5.88 Å². The van der Waals surface area contributed by atoms with Crippen LogP contribution in [0.25, 0.3) is 10.8 Å². The molecule has 0 radical (unpaired) electrons. The Labute approximate surface area is 234 Å². The van der Waals surface area contributed by atoms with Gasteiger partial charge in [-0.3, -0.25) is 24.2 Å². The molecule has 1 aromatic heterocycles. The maximum absolute atomic E-state index is 13.3. The number of nitrogens with zero attached hydrogens (tertiary/aromatic N) is 2. The van der Waals surface area contributed by atoms with E-state index in [-0.39, 0.29) is 24.3 Å². The fraction of sp³-hybridized carbons (Fsp3) is 0.552. The van der Waals surface area contributed by atoms with Crippen molar-refractivity contribution in [3.05, 3.63) is 36.0 Å². The van der Waals surface area contributed by atoms with Crippen molar-refractivity contribution < 1.29 is 28.7 Å². The summed E-state index contributed by atoms with van der Waals surface area (Å²) >= 11 is 0. The van der Waals surface area contributed by atoms with Crippen molar-refractivity contribution in [1.82, 2.24) is 26.1 Å². The zero-order chi connectivity index (χ0) is 29.2. The molecule has 5 bridgehead atoms. The molecule has 11 heteroatoms. The summed E-state index contributed by atoms with van der Waals surface area (Å²) < 4.78 is 11.7. The molecule has 3 amide bonds. The minimum atomic E-state index is -0.985. The molecule has 2 aromatic rings. The zero-order valence-electron chi connectivity index (χ0n) is 23.9. The number of carbonyl (C=O) groups excluding carboxylic acids is 4. The highest BCUT2D eigenvalue weighted by Crippen LogP contribution is 2.27. The first-order valence-corrected chi connectivity index (χ1v) is 13.8. The van der Waals surface area contributed by atoms with E-state index in [0.717, 1.165) is 16.3 Å². The topological polar surface area (TPSA) is 139 Å². The number of carbonyl (C=O) groups is 4. The lowest BCUT2D eigenvalue weighted by Gasteiger charge is -2.35. The van der Waals surface area contributed by atoms with Crippen LogP contribution in [0.5, 0.6) is 5.88 Å². The lowest BCUT2D eigenvalue weighted by Crippen LogP contribution is -2.61. The molecule has 2 aliphatic heterocycles. The van der Waals surface area contributed by atoms with Crippen LogP contribution in [0.2, 0.25) is 0 Å². The molecule has 0 saturated carbocycles. The second-order valence-corrected chi connectivity index (χ2v) is 11.6. The Morgan fingerprint density at radius 3 is 2.52 bits per heavy atom. The summed E-state index contributed by atoms with van der Waals surface area (Å²) in [5, 5.41) is 8.65. The van der Waals surface area contributed by atoms with E-state index in [4.69, 9.17) is 9.47 Å². The minimum Gasteiger partial charge on any atom is -0.477 e. The number of ether oxygens (including phenoxy) is 2. The van der Waals surface area contributed by atoms with Gasteiger partial charge in [-0.15, -0.1) is 0 Å². The van der Waals surface area contributed by atoms with Crippen molar-refractivity contribution in [2.24, 2.45) is 11.3 Å². The van der Waals surface area contributed by atoms with Crippen molar-refractivity contribution in [2.45, 2.75) is 78.6 Å². The molecule has 0 aliphatic carbocycles. The highest BCUT2D eigenvalue weighted by atomic mass is 16.5. The Kier molecular flexibility index (Phi) is 8.62. The second kappa shape index (κ2) is 11.8. The largest absolute Gasteiger partial charge is 0.477 e. The predicted octanol–water partition coefficient (Wildman–Crippen LogP) is 2.40. The number of cyclic esters (lactones) is 1. The van der Waals surface area contributed by atoms with Gasteiger partial charge in [0.05, 0.1) is 5.41 Å². The normalized spacial score (nSPS) is 26.6. The van der Waals surface area contributed by atoms with Crippen molar-refractivity contribution in [3.63, 3.8) is 0 Å². The summed E-state index contributed by atoms with van der Waals surface area (Å²) in [5.41, 5.74) is 2.79. The zero-order valence-corrected chi connectivity index (χ0v) is 23.9. The van der Waals surface area contributed by atoms with Gasteiger partial charge in [-0.2, -0.15) is 0 Å². The van der Waals surface area contributed by atoms with E-state index in [2.05, 4.69) is 21.0 Å². The molecule has 4 rings (SSSR count). The average molecular weight is 554 g/mol. The average Bonchev–Trinajstić information content (AvgIpc) is 2.92. The van der Waals surface area contributed by atoms with Gasteiger partial charge in [0.2, 0.25) is 17.7 Å². The highest BCUT2D eigenvalue weighted by Gasteiger charge is 2.36. The third-order valence-electron chi connectivity index (χ3n) is 7.38. The number of rotatable bonds is 1. The number of hydrogen-bond donors (Lipinski definition) is 3. The monoisotopic (exact) mass is 553 g/mol. The van der Waals surface area contributed by atoms with Gasteiger partial charge in [0.15, 0.2) is 0 Å². The summed E-state index contributed by atoms with van der Waals surface area (Å²) in [4.78, 5) is 57.0. The van der Waals surface area contributed by atoms with Crippen LogP contribution < -0.4 is 20.8 Å². The van der Waals surface area contributed by atoms with Crippen LogP contribution in [0.4, 0.5) is 0 Å². The summed E-state index contributed by atoms with van der Waals surface area (Å²) in [6.07, 6.45) is 2.26. The number of hydrazine groups is 1. The SMILES string of the molecule is CC1NC(=O)C(C(C)C)NC(=O)C(C)(C)COc2cc3cc(ccc3cn2)C(C)OC(=O)C2CCCN(N2)C1=O. The smallest absolute Gasteiger partial charge is 0.325 e. The number of benzene rings is 1. The predicted molar refractivity (Wildman–Crippen MR) is 148 cm³/mol. The molecule has 1 saturated heterocycles. The molecule has 0 spiro atoms. The van der Waals surface area contributed by atoms with Gasteiger partial charge in [0.1, 0.15) is 30.8 Å². The lowest BCUT2D eigenvalue weighted by molar-refractivity contribution is -0.157. The molecular weight excluding hydrogens is 514 g/mol. The standard InChI is InChI=1S/C29H39N5O6/c1-16(2)24-25(35)31-17(3)26(36)34-11-7-8-22(33-34)27(37)40-18(4)19-9-10-20-14-30-23(13-21(20)12-19)39-15-29(5,6)28(38)32-24/h9-10,12-14,16-18,22,24,33H,7-8,11,15H2,1-6H3,(H,31,35)(H,32,38). The number of esters is 1. The van der Waals surface area contributed by atoms with Gasteiger partial charge in [-0.05, 0) is 63.5 Å². The Hall–Kier alpha value is -3.73. The molecule has 216 valence electrons. The van der Waals surface area contributed by atoms with Gasteiger partial charge in [-0.25, -0.2) is 10.4 Å². The van der Waals surface area contributed by atoms with Crippen LogP contribution in [0.1, 0.15) is 66.1 Å². The van der Waals surface area contributed by atoms with Crippen LogP contribution in [-0.4, -0.2) is 65.0 Å². The maximum Gasteiger partial charge on any atom is 0.325 e. The van der Waals surface area contributed by atoms with E-state index in [0.29, 0.717) is 25.3 Å². The molecule has 40 heavy (non-hydrogen) atoms. The number of pyridine rings is 1. The summed E-state index contributed by atoms with van der Waals surface area (Å²) in [6, 6.07) is 5.01. The number of fused-ring (bicyclic) bond motifs is 4. The van der Waals surface area contributed by atoms with E-state index < -0.39 is 41.5 Å². The molecular formula is C29H39N5O6. The minimum absolute atomic E-state index is 0.0222. The molecule has 3 heterocycles. The number of amides is 3. The molecule has 3 N–H and O–H groups in total. The first kappa shape index (κ1) is 29.3. The second-order valence-electron chi connectivity index (χ2n) is 11.6. The summed E-state index contributed by atoms with van der Waals surface area (Å²) in [7, 11) is 0. The van der Waals surface area contributed by atoms with Gasteiger partial charge in [0, 0.05) is 24.2 Å². The van der Waals surface area contributed by atoms with Gasteiger partial charge in [-0.1, -0.05) is 26.0 Å². The van der Waals surface area contributed by atoms with E-state index in [9.17, 15) is 19.2 Å². The Bertz CT molecular complexity index is 1290. The lowest BCUT2D eigenvalue weighted by atomic mass is 9.92. The third-order valence-corrected chi connectivity index (χ3v) is 7.38. The molecule has 11 nitrogen and oxygen atoms in total. The first-order chi connectivity index (χ1) is 18.9. The summed E-state index contributed by atoms with van der Waals surface area (Å²) in [6.45, 7) is 10.9. The van der Waals surface area contributed by atoms with Gasteiger partial charge < -0.3 is 20.1 Å². The molecule has 1 fully saturated rings. The van der Waals surface area contributed by atoms with Crippen LogP contribution in [-0.2, 0) is 23.9 Å². The van der Waals surface area contributed by atoms with E-state index >= 15 is 0 Å². The molecule has 4 atom stereocenters. The van der Waals surface area contributed by atoms with Gasteiger partial charge >= 0.3 is 5.97 Å². The molecule has 4 unspecified atom stereocenters. The maximum atomic E-state index is 13.3. The number of aromatic nitrogens is 1. The Morgan fingerprint density at radius 2 is 1.80 bits per heavy atom. The molecule has 1 aromatic carbocycles. The van der Waals surface area contributed by atoms with Crippen molar-refractivity contribution >= 4 is 34.5 Å². The van der Waals surface area contributed by atoms with E-state index in [1.54, 1.807) is 40.0 Å². The quantitative estimate of drug-likeness (QED) is 0.458. The highest BCUT2D eigenvalue weighted by molar-refractivity contribution is 5.93. The van der Waals surface area contributed by atoms with Crippen molar-refractivity contribution in [2.75, 3.05) is 13.2 Å².